The molecule has 2 amide bonds. The molecule has 0 spiro atoms. The zero-order valence-corrected chi connectivity index (χ0v) is 10.8. The van der Waals surface area contributed by atoms with Gasteiger partial charge in [-0.05, 0) is 41.2 Å². The van der Waals surface area contributed by atoms with E-state index in [1.807, 2.05) is 0 Å². The molecule has 78 valence electrons. The van der Waals surface area contributed by atoms with E-state index in [1.54, 1.807) is 33.7 Å². The van der Waals surface area contributed by atoms with Crippen molar-refractivity contribution in [2.75, 3.05) is 14.1 Å². The van der Waals surface area contributed by atoms with Crippen molar-refractivity contribution in [2.24, 2.45) is 0 Å². The fourth-order valence-electron chi connectivity index (χ4n) is 1.23. The van der Waals surface area contributed by atoms with Gasteiger partial charge in [-0.2, -0.15) is 0 Å². The number of likely N-dealkylation sites (N-methyl/N-ethyl adjacent to an activating group) is 2. The number of fused-ring (bicyclic) bond motifs is 5. The fraction of sp³-hybridized carbons (Fsp3) is 0.667. The van der Waals surface area contributed by atoms with Gasteiger partial charge < -0.3 is 9.80 Å². The van der Waals surface area contributed by atoms with E-state index < -0.39 is 0 Å². The molecule has 0 radical (unpaired) electrons. The maximum absolute atomic E-state index is 11.8. The number of hydrogen-bond donors (Lipinski definition) is 0. The van der Waals surface area contributed by atoms with Crippen molar-refractivity contribution in [1.82, 2.24) is 9.80 Å². The van der Waals surface area contributed by atoms with Crippen LogP contribution in [0.3, 0.4) is 0 Å². The maximum Gasteiger partial charge on any atom is 0.257 e. The molecule has 0 aromatic carbocycles. The summed E-state index contributed by atoms with van der Waals surface area (Å²) in [5.41, 5.74) is 0. The third-order valence-electron chi connectivity index (χ3n) is 2.11. The lowest BCUT2D eigenvalue weighted by atomic mass is 10.3. The SMILES string of the molecule is CN1C(=O)C2SSSSC1C(=O)N2C. The Bertz CT molecular complexity index is 259. The summed E-state index contributed by atoms with van der Waals surface area (Å²) in [7, 11) is 9.36. The van der Waals surface area contributed by atoms with Crippen LogP contribution in [0.4, 0.5) is 0 Å². The lowest BCUT2D eigenvalue weighted by Gasteiger charge is -2.41. The van der Waals surface area contributed by atoms with Gasteiger partial charge in [0.1, 0.15) is 0 Å². The van der Waals surface area contributed by atoms with E-state index >= 15 is 0 Å². The Labute approximate surface area is 97.1 Å². The first-order valence-electron chi connectivity index (χ1n) is 3.82. The molecule has 0 aliphatic carbocycles. The minimum absolute atomic E-state index is 0.0161. The van der Waals surface area contributed by atoms with E-state index in [0.29, 0.717) is 0 Å². The zero-order chi connectivity index (χ0) is 10.3. The van der Waals surface area contributed by atoms with E-state index in [0.717, 1.165) is 0 Å². The Kier molecular flexibility index (Phi) is 3.15. The minimum Gasteiger partial charge on any atom is -0.322 e. The number of carbonyl (C=O) groups excluding carboxylic acids is 2. The second-order valence-corrected chi connectivity index (χ2v) is 8.90. The topological polar surface area (TPSA) is 40.6 Å². The predicted octanol–water partition coefficient (Wildman–Crippen LogP) is 1.26. The summed E-state index contributed by atoms with van der Waals surface area (Å²) < 4.78 is 0. The normalized spacial score (nSPS) is 33.3. The molecule has 8 heteroatoms. The van der Waals surface area contributed by atoms with Gasteiger partial charge in [-0.1, -0.05) is 0 Å². The molecule has 2 bridgehead atoms. The first-order chi connectivity index (χ1) is 6.63. The number of piperazine rings is 1. The molecule has 4 nitrogen and oxygen atoms in total. The zero-order valence-electron chi connectivity index (χ0n) is 7.50. The molecule has 0 aromatic heterocycles. The van der Waals surface area contributed by atoms with Crippen molar-refractivity contribution in [3.8, 4) is 0 Å². The first-order valence-corrected chi connectivity index (χ1v) is 8.76. The summed E-state index contributed by atoms with van der Waals surface area (Å²) in [6.45, 7) is 0. The Balaban J connectivity index is 2.33. The molecule has 14 heavy (non-hydrogen) atoms. The van der Waals surface area contributed by atoms with Crippen molar-refractivity contribution in [2.45, 2.75) is 10.7 Å². The van der Waals surface area contributed by atoms with Gasteiger partial charge in [-0.15, -0.1) is 0 Å². The van der Waals surface area contributed by atoms with Gasteiger partial charge in [0.05, 0.1) is 0 Å². The van der Waals surface area contributed by atoms with Crippen LogP contribution in [-0.2, 0) is 9.59 Å². The smallest absolute Gasteiger partial charge is 0.257 e. The predicted molar refractivity (Wildman–Crippen MR) is 63.5 cm³/mol. The molecule has 2 unspecified atom stereocenters. The highest BCUT2D eigenvalue weighted by molar-refractivity contribution is 9.26. The van der Waals surface area contributed by atoms with Crippen LogP contribution in [0.1, 0.15) is 0 Å². The average molecular weight is 268 g/mol. The molecule has 2 atom stereocenters. The van der Waals surface area contributed by atoms with Crippen molar-refractivity contribution in [3.05, 3.63) is 0 Å². The third-order valence-corrected chi connectivity index (χ3v) is 8.87. The molecule has 3 fully saturated rings. The van der Waals surface area contributed by atoms with Crippen molar-refractivity contribution in [1.29, 1.82) is 0 Å². The Morgan fingerprint density at radius 1 is 0.929 bits per heavy atom. The van der Waals surface area contributed by atoms with Gasteiger partial charge in [-0.25, -0.2) is 0 Å². The standard InChI is InChI=1S/C6H8N2O2S4/c1-7-3(9)6-8(2)4(10)5(7)11-13-14-12-6/h5-6H,1-2H3. The van der Waals surface area contributed by atoms with Gasteiger partial charge in [0.25, 0.3) is 11.8 Å². The molecular weight excluding hydrogens is 260 g/mol. The molecule has 0 aromatic rings. The average Bonchev–Trinajstić information content (AvgIpc) is 2.15. The monoisotopic (exact) mass is 268 g/mol. The van der Waals surface area contributed by atoms with E-state index in [1.165, 1.54) is 31.4 Å². The summed E-state index contributed by atoms with van der Waals surface area (Å²) in [6, 6.07) is 0. The quantitative estimate of drug-likeness (QED) is 0.616. The largest absolute Gasteiger partial charge is 0.322 e. The second-order valence-electron chi connectivity index (χ2n) is 2.93. The van der Waals surface area contributed by atoms with Gasteiger partial charge in [0.15, 0.2) is 10.7 Å². The van der Waals surface area contributed by atoms with Crippen molar-refractivity contribution >= 4 is 53.1 Å². The summed E-state index contributed by atoms with van der Waals surface area (Å²) >= 11 is 0. The third kappa shape index (κ3) is 1.62. The fourth-order valence-corrected chi connectivity index (χ4v) is 7.96. The number of amides is 2. The highest BCUT2D eigenvalue weighted by atomic mass is 33.7. The van der Waals surface area contributed by atoms with Crippen LogP contribution in [0.2, 0.25) is 0 Å². The maximum atomic E-state index is 11.8. The van der Waals surface area contributed by atoms with Crippen LogP contribution in [0.5, 0.6) is 0 Å². The Morgan fingerprint density at radius 3 is 1.64 bits per heavy atom. The van der Waals surface area contributed by atoms with Crippen LogP contribution in [0.25, 0.3) is 0 Å². The first kappa shape index (κ1) is 10.8. The number of nitrogens with zero attached hydrogens (tertiary/aromatic N) is 2. The molecule has 3 aliphatic heterocycles. The molecule has 3 aliphatic rings. The van der Waals surface area contributed by atoms with E-state index in [2.05, 4.69) is 0 Å². The van der Waals surface area contributed by atoms with Gasteiger partial charge in [0.2, 0.25) is 0 Å². The van der Waals surface area contributed by atoms with Crippen molar-refractivity contribution < 1.29 is 9.59 Å². The van der Waals surface area contributed by atoms with Crippen LogP contribution in [-0.4, -0.2) is 46.5 Å². The molecule has 3 saturated heterocycles. The Morgan fingerprint density at radius 2 is 1.29 bits per heavy atom. The highest BCUT2D eigenvalue weighted by Gasteiger charge is 2.45. The summed E-state index contributed by atoms with van der Waals surface area (Å²) in [5, 5.41) is -0.718. The molecule has 0 saturated carbocycles. The van der Waals surface area contributed by atoms with Crippen LogP contribution in [0, 0.1) is 0 Å². The number of hydrogen-bond acceptors (Lipinski definition) is 6. The molecule has 3 rings (SSSR count). The summed E-state index contributed by atoms with van der Waals surface area (Å²) in [5.74, 6) is 0.0322. The lowest BCUT2D eigenvalue weighted by Crippen LogP contribution is -2.60. The van der Waals surface area contributed by atoms with Gasteiger partial charge >= 0.3 is 0 Å². The van der Waals surface area contributed by atoms with Gasteiger partial charge in [0, 0.05) is 14.1 Å². The minimum atomic E-state index is -0.359. The molecule has 3 heterocycles. The number of carbonyl (C=O) groups is 2. The Hall–Kier alpha value is 0.340. The van der Waals surface area contributed by atoms with E-state index in [4.69, 9.17) is 0 Å². The second kappa shape index (κ2) is 4.07. The lowest BCUT2D eigenvalue weighted by molar-refractivity contribution is -0.150. The highest BCUT2D eigenvalue weighted by Crippen LogP contribution is 2.52. The number of rotatable bonds is 0. The van der Waals surface area contributed by atoms with Crippen LogP contribution < -0.4 is 0 Å². The molecule has 0 N–H and O–H groups in total. The van der Waals surface area contributed by atoms with E-state index in [-0.39, 0.29) is 22.6 Å². The van der Waals surface area contributed by atoms with Crippen molar-refractivity contribution in [3.63, 3.8) is 0 Å². The van der Waals surface area contributed by atoms with Crippen LogP contribution in [0.15, 0.2) is 0 Å². The summed E-state index contributed by atoms with van der Waals surface area (Å²) in [4.78, 5) is 26.7. The van der Waals surface area contributed by atoms with Crippen LogP contribution >= 0.6 is 41.2 Å². The molecular formula is C6H8N2O2S4. The summed E-state index contributed by atoms with van der Waals surface area (Å²) in [6.07, 6.45) is 0. The van der Waals surface area contributed by atoms with E-state index in [9.17, 15) is 9.59 Å². The van der Waals surface area contributed by atoms with Gasteiger partial charge in [-0.3, -0.25) is 9.59 Å².